The second-order valence-corrected chi connectivity index (χ2v) is 5.83. The van der Waals surface area contributed by atoms with Crippen LogP contribution in [-0.2, 0) is 0 Å². The summed E-state index contributed by atoms with van der Waals surface area (Å²) in [6, 6.07) is 9.06. The molecule has 0 bridgehead atoms. The Hall–Kier alpha value is -0.670. The van der Waals surface area contributed by atoms with Crippen molar-refractivity contribution in [2.75, 3.05) is 26.5 Å². The summed E-state index contributed by atoms with van der Waals surface area (Å²) < 4.78 is 5.86. The van der Waals surface area contributed by atoms with E-state index in [0.717, 1.165) is 18.8 Å². The number of rotatable bonds is 5. The maximum Gasteiger partial charge on any atom is 0.120 e. The second-order valence-electron chi connectivity index (χ2n) is 4.95. The van der Waals surface area contributed by atoms with Gasteiger partial charge in [0.1, 0.15) is 5.75 Å². The molecule has 2 nitrogen and oxygen atoms in total. The lowest BCUT2D eigenvalue weighted by molar-refractivity contribution is 0.153. The number of nitrogens with zero attached hydrogens (tertiary/aromatic N) is 1. The summed E-state index contributed by atoms with van der Waals surface area (Å²) in [5, 5.41) is 0. The second kappa shape index (κ2) is 7.05. The summed E-state index contributed by atoms with van der Waals surface area (Å²) in [6.45, 7) is 2.07. The van der Waals surface area contributed by atoms with E-state index in [1.54, 1.807) is 11.8 Å². The van der Waals surface area contributed by atoms with E-state index in [1.165, 1.54) is 30.7 Å². The fraction of sp³-hybridized carbons (Fsp3) is 0.600. The van der Waals surface area contributed by atoms with Crippen molar-refractivity contribution in [2.45, 2.75) is 36.6 Å². The van der Waals surface area contributed by atoms with Crippen LogP contribution in [0.5, 0.6) is 5.75 Å². The molecule has 1 atom stereocenters. The topological polar surface area (TPSA) is 12.5 Å². The molecule has 1 fully saturated rings. The van der Waals surface area contributed by atoms with Gasteiger partial charge in [-0.2, -0.15) is 0 Å². The molecule has 3 heteroatoms. The number of hydrogen-bond donors (Lipinski definition) is 0. The van der Waals surface area contributed by atoms with Crippen LogP contribution in [0, 0.1) is 0 Å². The highest BCUT2D eigenvalue weighted by Crippen LogP contribution is 2.22. The quantitative estimate of drug-likeness (QED) is 0.754. The third kappa shape index (κ3) is 3.92. The zero-order chi connectivity index (χ0) is 12.8. The lowest BCUT2D eigenvalue weighted by atomic mass is 10.0. The van der Waals surface area contributed by atoms with Crippen molar-refractivity contribution in [1.82, 2.24) is 4.90 Å². The summed E-state index contributed by atoms with van der Waals surface area (Å²) in [6.07, 6.45) is 7.28. The molecule has 0 radical (unpaired) electrons. The molecular weight excluding hydrogens is 242 g/mol. The van der Waals surface area contributed by atoms with E-state index in [4.69, 9.17) is 4.74 Å². The van der Waals surface area contributed by atoms with Gasteiger partial charge >= 0.3 is 0 Å². The predicted molar refractivity (Wildman–Crippen MR) is 78.6 cm³/mol. The third-order valence-corrected chi connectivity index (χ3v) is 4.41. The van der Waals surface area contributed by atoms with Crippen molar-refractivity contribution < 1.29 is 4.74 Å². The molecule has 0 aliphatic carbocycles. The summed E-state index contributed by atoms with van der Waals surface area (Å²) in [7, 11) is 2.23. The molecule has 0 spiro atoms. The van der Waals surface area contributed by atoms with Gasteiger partial charge in [-0.15, -0.1) is 11.8 Å². The zero-order valence-corrected chi connectivity index (χ0v) is 12.2. The van der Waals surface area contributed by atoms with Crippen LogP contribution in [-0.4, -0.2) is 37.4 Å². The molecule has 2 rings (SSSR count). The number of benzene rings is 1. The van der Waals surface area contributed by atoms with Gasteiger partial charge in [-0.25, -0.2) is 0 Å². The average Bonchev–Trinajstić information content (AvgIpc) is 2.41. The maximum absolute atomic E-state index is 5.86. The van der Waals surface area contributed by atoms with E-state index in [9.17, 15) is 0 Å². The summed E-state index contributed by atoms with van der Waals surface area (Å²) in [5.74, 6) is 1.00. The van der Waals surface area contributed by atoms with Gasteiger partial charge in [0, 0.05) is 10.9 Å². The van der Waals surface area contributed by atoms with E-state index in [2.05, 4.69) is 36.4 Å². The van der Waals surface area contributed by atoms with Crippen LogP contribution in [0.2, 0.25) is 0 Å². The minimum atomic E-state index is 0.711. The third-order valence-electron chi connectivity index (χ3n) is 3.68. The van der Waals surface area contributed by atoms with Crippen molar-refractivity contribution in [1.29, 1.82) is 0 Å². The Labute approximate surface area is 115 Å². The van der Waals surface area contributed by atoms with E-state index in [-0.39, 0.29) is 0 Å². The van der Waals surface area contributed by atoms with E-state index in [1.807, 2.05) is 6.07 Å². The first-order valence-electron chi connectivity index (χ1n) is 6.76. The standard InChI is InChI=1S/C15H23NOS/c1-16-10-4-3-6-13(16)9-11-17-14-7-5-8-15(12-14)18-2/h5,7-8,12-13H,3-4,6,9-11H2,1-2H3. The molecule has 1 unspecified atom stereocenters. The van der Waals surface area contributed by atoms with Gasteiger partial charge in [0.2, 0.25) is 0 Å². The van der Waals surface area contributed by atoms with Gasteiger partial charge in [-0.05, 0) is 57.3 Å². The molecule has 0 aromatic heterocycles. The smallest absolute Gasteiger partial charge is 0.120 e. The van der Waals surface area contributed by atoms with E-state index in [0.29, 0.717) is 6.04 Å². The van der Waals surface area contributed by atoms with Crippen LogP contribution in [0.3, 0.4) is 0 Å². The molecule has 18 heavy (non-hydrogen) atoms. The van der Waals surface area contributed by atoms with Crippen molar-refractivity contribution in [2.24, 2.45) is 0 Å². The molecule has 1 aliphatic heterocycles. The minimum Gasteiger partial charge on any atom is -0.493 e. The van der Waals surface area contributed by atoms with Crippen LogP contribution in [0.15, 0.2) is 29.2 Å². The Balaban J connectivity index is 1.77. The Bertz CT molecular complexity index is 369. The summed E-state index contributed by atoms with van der Waals surface area (Å²) >= 11 is 1.76. The SMILES string of the molecule is CSc1cccc(OCCC2CCCCN2C)c1. The Morgan fingerprint density at radius 3 is 3.06 bits per heavy atom. The van der Waals surface area contributed by atoms with Gasteiger partial charge < -0.3 is 9.64 Å². The molecule has 0 saturated carbocycles. The molecular formula is C15H23NOS. The van der Waals surface area contributed by atoms with Crippen molar-refractivity contribution in [3.05, 3.63) is 24.3 Å². The van der Waals surface area contributed by atoms with Gasteiger partial charge in [-0.3, -0.25) is 0 Å². The fourth-order valence-corrected chi connectivity index (χ4v) is 2.96. The maximum atomic E-state index is 5.86. The van der Waals surface area contributed by atoms with Crippen LogP contribution < -0.4 is 4.74 Å². The Morgan fingerprint density at radius 2 is 2.28 bits per heavy atom. The molecule has 1 heterocycles. The number of thioether (sulfide) groups is 1. The van der Waals surface area contributed by atoms with Crippen LogP contribution >= 0.6 is 11.8 Å². The number of hydrogen-bond acceptors (Lipinski definition) is 3. The monoisotopic (exact) mass is 265 g/mol. The average molecular weight is 265 g/mol. The van der Waals surface area contributed by atoms with Crippen LogP contribution in [0.1, 0.15) is 25.7 Å². The fourth-order valence-electron chi connectivity index (χ4n) is 2.51. The van der Waals surface area contributed by atoms with Crippen molar-refractivity contribution >= 4 is 11.8 Å². The summed E-state index contributed by atoms with van der Waals surface area (Å²) in [5.41, 5.74) is 0. The number of piperidine rings is 1. The summed E-state index contributed by atoms with van der Waals surface area (Å²) in [4.78, 5) is 3.74. The lowest BCUT2D eigenvalue weighted by Crippen LogP contribution is -2.37. The normalized spacial score (nSPS) is 20.9. The Morgan fingerprint density at radius 1 is 1.39 bits per heavy atom. The number of likely N-dealkylation sites (tertiary alicyclic amines) is 1. The van der Waals surface area contributed by atoms with Gasteiger partial charge in [-0.1, -0.05) is 12.5 Å². The van der Waals surface area contributed by atoms with Crippen LogP contribution in [0.4, 0.5) is 0 Å². The van der Waals surface area contributed by atoms with Crippen molar-refractivity contribution in [3.8, 4) is 5.75 Å². The largest absolute Gasteiger partial charge is 0.493 e. The van der Waals surface area contributed by atoms with Gasteiger partial charge in [0.05, 0.1) is 6.61 Å². The highest BCUT2D eigenvalue weighted by Gasteiger charge is 2.18. The molecule has 1 aromatic carbocycles. The lowest BCUT2D eigenvalue weighted by Gasteiger charge is -2.32. The van der Waals surface area contributed by atoms with Crippen molar-refractivity contribution in [3.63, 3.8) is 0 Å². The van der Waals surface area contributed by atoms with E-state index >= 15 is 0 Å². The first kappa shape index (κ1) is 13.8. The first-order valence-corrected chi connectivity index (χ1v) is 7.99. The van der Waals surface area contributed by atoms with Gasteiger partial charge in [0.25, 0.3) is 0 Å². The molecule has 100 valence electrons. The minimum absolute atomic E-state index is 0.711. The molecule has 1 saturated heterocycles. The molecule has 1 aliphatic rings. The van der Waals surface area contributed by atoms with Gasteiger partial charge in [0.15, 0.2) is 0 Å². The highest BCUT2D eigenvalue weighted by molar-refractivity contribution is 7.98. The predicted octanol–water partition coefficient (Wildman–Crippen LogP) is 3.66. The molecule has 0 N–H and O–H groups in total. The molecule has 1 aromatic rings. The zero-order valence-electron chi connectivity index (χ0n) is 11.4. The highest BCUT2D eigenvalue weighted by atomic mass is 32.2. The Kier molecular flexibility index (Phi) is 5.39. The van der Waals surface area contributed by atoms with Crippen LogP contribution in [0.25, 0.3) is 0 Å². The number of ether oxygens (including phenoxy) is 1. The first-order chi connectivity index (χ1) is 8.79. The molecule has 0 amide bonds. The van der Waals surface area contributed by atoms with E-state index < -0.39 is 0 Å².